The third kappa shape index (κ3) is 3.42. The molecule has 0 saturated carbocycles. The summed E-state index contributed by atoms with van der Waals surface area (Å²) in [6.07, 6.45) is -1.63. The molecule has 1 atom stereocenters. The van der Waals surface area contributed by atoms with Gasteiger partial charge in [0.25, 0.3) is 5.91 Å². The number of carbonyl (C=O) groups excluding carboxylic acids is 1. The first-order chi connectivity index (χ1) is 15.6. The summed E-state index contributed by atoms with van der Waals surface area (Å²) in [5.41, 5.74) is 6.26. The van der Waals surface area contributed by atoms with E-state index in [0.717, 1.165) is 12.1 Å². The number of pyridine rings is 1. The van der Waals surface area contributed by atoms with E-state index < -0.39 is 29.6 Å². The Morgan fingerprint density at radius 1 is 1.24 bits per heavy atom. The van der Waals surface area contributed by atoms with Gasteiger partial charge in [0, 0.05) is 18.7 Å². The minimum absolute atomic E-state index is 0.0291. The minimum atomic E-state index is -4.60. The quantitative estimate of drug-likeness (QED) is 0.461. The molecule has 0 aliphatic carbocycles. The van der Waals surface area contributed by atoms with Crippen molar-refractivity contribution in [1.29, 1.82) is 0 Å². The number of nitrogens with zero attached hydrogens (tertiary/aromatic N) is 5. The lowest BCUT2D eigenvalue weighted by molar-refractivity contribution is -0.141. The van der Waals surface area contributed by atoms with Crippen molar-refractivity contribution in [3.8, 4) is 0 Å². The Balaban J connectivity index is 1.54. The lowest BCUT2D eigenvalue weighted by Gasteiger charge is -2.33. The second-order valence-corrected chi connectivity index (χ2v) is 7.64. The van der Waals surface area contributed by atoms with E-state index in [1.807, 2.05) is 0 Å². The maximum Gasteiger partial charge on any atom is 0.433 e. The molecule has 0 fully saturated rings. The van der Waals surface area contributed by atoms with E-state index in [2.05, 4.69) is 15.0 Å². The summed E-state index contributed by atoms with van der Waals surface area (Å²) >= 11 is 0. The molecule has 8 nitrogen and oxygen atoms in total. The van der Waals surface area contributed by atoms with Gasteiger partial charge in [0.1, 0.15) is 22.8 Å². The number of aromatic nitrogens is 4. The van der Waals surface area contributed by atoms with Crippen molar-refractivity contribution in [3.05, 3.63) is 65.1 Å². The number of ether oxygens (including phenoxy) is 1. The van der Waals surface area contributed by atoms with Crippen LogP contribution in [-0.4, -0.2) is 43.8 Å². The number of nitrogens with two attached hydrogens (primary N) is 1. The molecular formula is C21H16F4N6O2. The Labute approximate surface area is 183 Å². The normalized spacial score (nSPS) is 16.2. The number of benzene rings is 1. The molecule has 0 bridgehead atoms. The molecule has 3 aromatic heterocycles. The molecular weight excluding hydrogens is 444 g/mol. The van der Waals surface area contributed by atoms with E-state index in [0.29, 0.717) is 16.6 Å². The van der Waals surface area contributed by atoms with E-state index in [1.165, 1.54) is 36.6 Å². The summed E-state index contributed by atoms with van der Waals surface area (Å²) in [4.78, 5) is 26.3. The molecule has 0 saturated heterocycles. The molecule has 4 aromatic rings. The second-order valence-electron chi connectivity index (χ2n) is 7.64. The van der Waals surface area contributed by atoms with E-state index >= 15 is 0 Å². The van der Waals surface area contributed by atoms with Crippen LogP contribution in [0.15, 0.2) is 36.8 Å². The van der Waals surface area contributed by atoms with Gasteiger partial charge in [0.05, 0.1) is 54.1 Å². The Morgan fingerprint density at radius 2 is 2.03 bits per heavy atom. The molecule has 1 amide bonds. The maximum absolute atomic E-state index is 14.9. The summed E-state index contributed by atoms with van der Waals surface area (Å²) in [7, 11) is 1.43. The summed E-state index contributed by atoms with van der Waals surface area (Å²) in [6, 6.07) is 3.84. The summed E-state index contributed by atoms with van der Waals surface area (Å²) in [6.45, 7) is -0.0881. The van der Waals surface area contributed by atoms with Crippen molar-refractivity contribution in [1.82, 2.24) is 24.3 Å². The first kappa shape index (κ1) is 21.1. The Hall–Kier alpha value is -3.80. The van der Waals surface area contributed by atoms with Gasteiger partial charge in [-0.1, -0.05) is 6.07 Å². The highest BCUT2D eigenvalue weighted by atomic mass is 19.4. The SMILES string of the molecule is CN(C(=O)c1cc2c(cc1F)nc(N)c1cncn12)[C@@H]1COCc2nc(C(F)(F)F)ccc21. The zero-order valence-electron chi connectivity index (χ0n) is 17.1. The summed E-state index contributed by atoms with van der Waals surface area (Å²) < 4.78 is 61.0. The van der Waals surface area contributed by atoms with Gasteiger partial charge in [0.15, 0.2) is 0 Å². The molecule has 2 N–H and O–H groups in total. The molecule has 1 aliphatic rings. The fourth-order valence-electron chi connectivity index (χ4n) is 3.96. The van der Waals surface area contributed by atoms with Gasteiger partial charge in [-0.3, -0.25) is 9.20 Å². The number of nitrogen functional groups attached to an aromatic ring is 1. The lowest BCUT2D eigenvalue weighted by atomic mass is 10.0. The number of alkyl halides is 3. The van der Waals surface area contributed by atoms with Gasteiger partial charge >= 0.3 is 6.18 Å². The number of imidazole rings is 1. The number of carbonyl (C=O) groups is 1. The molecule has 170 valence electrons. The highest BCUT2D eigenvalue weighted by Gasteiger charge is 2.36. The van der Waals surface area contributed by atoms with Crippen LogP contribution in [0.5, 0.6) is 0 Å². The Kier molecular flexibility index (Phi) is 4.71. The smallest absolute Gasteiger partial charge is 0.382 e. The van der Waals surface area contributed by atoms with Gasteiger partial charge in [-0.25, -0.2) is 19.3 Å². The van der Waals surface area contributed by atoms with Crippen LogP contribution in [0.4, 0.5) is 23.4 Å². The van der Waals surface area contributed by atoms with E-state index in [9.17, 15) is 22.4 Å². The molecule has 12 heteroatoms. The first-order valence-corrected chi connectivity index (χ1v) is 9.78. The van der Waals surface area contributed by atoms with Gasteiger partial charge in [-0.15, -0.1) is 0 Å². The second kappa shape index (κ2) is 7.37. The highest BCUT2D eigenvalue weighted by Crippen LogP contribution is 2.34. The Morgan fingerprint density at radius 3 is 2.79 bits per heavy atom. The number of hydrogen-bond acceptors (Lipinski definition) is 6. The number of likely N-dealkylation sites (N-methyl/N-ethyl adjacent to an activating group) is 1. The zero-order chi connectivity index (χ0) is 23.5. The van der Waals surface area contributed by atoms with Gasteiger partial charge in [0.2, 0.25) is 0 Å². The topological polar surface area (TPSA) is 98.6 Å². The summed E-state index contributed by atoms with van der Waals surface area (Å²) in [5.74, 6) is -1.33. The van der Waals surface area contributed by atoms with Crippen LogP contribution in [0.1, 0.15) is 33.4 Å². The van der Waals surface area contributed by atoms with Crippen molar-refractivity contribution in [2.75, 3.05) is 19.4 Å². The number of rotatable bonds is 2. The average Bonchev–Trinajstić information content (AvgIpc) is 3.27. The van der Waals surface area contributed by atoms with E-state index in [1.54, 1.807) is 4.40 Å². The van der Waals surface area contributed by atoms with Gasteiger partial charge in [-0.2, -0.15) is 13.2 Å². The zero-order valence-corrected chi connectivity index (χ0v) is 17.1. The van der Waals surface area contributed by atoms with Crippen molar-refractivity contribution in [3.63, 3.8) is 0 Å². The van der Waals surface area contributed by atoms with Crippen molar-refractivity contribution in [2.24, 2.45) is 0 Å². The maximum atomic E-state index is 14.9. The minimum Gasteiger partial charge on any atom is -0.382 e. The van der Waals surface area contributed by atoms with Crippen molar-refractivity contribution < 1.29 is 27.1 Å². The molecule has 4 heterocycles. The molecule has 1 aliphatic heterocycles. The van der Waals surface area contributed by atoms with Crippen LogP contribution in [0.25, 0.3) is 16.6 Å². The van der Waals surface area contributed by atoms with Crippen LogP contribution in [0.3, 0.4) is 0 Å². The van der Waals surface area contributed by atoms with Gasteiger partial charge in [-0.05, 0) is 12.1 Å². The molecule has 33 heavy (non-hydrogen) atoms. The third-order valence-electron chi connectivity index (χ3n) is 5.66. The summed E-state index contributed by atoms with van der Waals surface area (Å²) in [5, 5.41) is 0. The van der Waals surface area contributed by atoms with Crippen LogP contribution in [0, 0.1) is 5.82 Å². The molecule has 0 spiro atoms. The van der Waals surface area contributed by atoms with Crippen molar-refractivity contribution >= 4 is 28.3 Å². The third-order valence-corrected chi connectivity index (χ3v) is 5.66. The van der Waals surface area contributed by atoms with Gasteiger partial charge < -0.3 is 15.4 Å². The molecule has 5 rings (SSSR count). The van der Waals surface area contributed by atoms with Crippen LogP contribution < -0.4 is 5.73 Å². The van der Waals surface area contributed by atoms with Crippen LogP contribution >= 0.6 is 0 Å². The first-order valence-electron chi connectivity index (χ1n) is 9.78. The highest BCUT2D eigenvalue weighted by molar-refractivity contribution is 5.98. The molecule has 1 aromatic carbocycles. The number of halogens is 4. The molecule has 0 radical (unpaired) electrons. The number of anilines is 1. The van der Waals surface area contributed by atoms with Crippen LogP contribution in [-0.2, 0) is 17.5 Å². The predicted octanol–water partition coefficient (Wildman–Crippen LogP) is 3.36. The largest absolute Gasteiger partial charge is 0.433 e. The van der Waals surface area contributed by atoms with Crippen molar-refractivity contribution in [2.45, 2.75) is 18.8 Å². The standard InChI is InChI=1S/C21H16F4N6O2/c1-30(17-8-33-7-14-10(17)2-3-18(28-14)21(23,24)25)20(32)11-4-15-13(5-12(11)22)29-19(26)16-6-27-9-31(15)16/h2-6,9,17H,7-8H2,1H3,(H2,26,29)/t17-/m1/s1. The number of hydrogen-bond donors (Lipinski definition) is 1. The number of amides is 1. The van der Waals surface area contributed by atoms with Crippen LogP contribution in [0.2, 0.25) is 0 Å². The molecule has 0 unspecified atom stereocenters. The average molecular weight is 460 g/mol. The fourth-order valence-corrected chi connectivity index (χ4v) is 3.96. The number of fused-ring (bicyclic) bond motifs is 4. The predicted molar refractivity (Wildman–Crippen MR) is 109 cm³/mol. The van der Waals surface area contributed by atoms with E-state index in [-0.39, 0.29) is 35.8 Å². The monoisotopic (exact) mass is 460 g/mol. The fraction of sp³-hybridized carbons (Fsp3) is 0.238. The Bertz CT molecular complexity index is 1420. The van der Waals surface area contributed by atoms with E-state index in [4.69, 9.17) is 10.5 Å². The lowest BCUT2D eigenvalue weighted by Crippen LogP contribution is -2.37.